The van der Waals surface area contributed by atoms with Gasteiger partial charge in [-0.2, -0.15) is 0 Å². The van der Waals surface area contributed by atoms with E-state index >= 15 is 0 Å². The van der Waals surface area contributed by atoms with E-state index in [0.29, 0.717) is 19.8 Å². The third-order valence-electron chi connectivity index (χ3n) is 5.45. The highest BCUT2D eigenvalue weighted by Crippen LogP contribution is 2.44. The monoisotopic (exact) mass is 432 g/mol. The smallest absolute Gasteiger partial charge is 0.329 e. The Balaban J connectivity index is 2.21. The van der Waals surface area contributed by atoms with Gasteiger partial charge in [-0.1, -0.05) is 20.8 Å². The number of methoxy groups -OCH3 is 1. The summed E-state index contributed by atoms with van der Waals surface area (Å²) in [6, 6.07) is 1.29. The minimum atomic E-state index is -1.98. The Hall–Kier alpha value is -0.913. The lowest BCUT2D eigenvalue weighted by Gasteiger charge is -2.37. The quantitative estimate of drug-likeness (QED) is 0.475. The summed E-state index contributed by atoms with van der Waals surface area (Å²) < 4.78 is 18.6. The number of aliphatic hydroxyl groups excluding tert-OH is 1. The number of aliphatic hydroxyl groups is 1. The number of ether oxygens (including phenoxy) is 2. The number of aromatic amines is 1. The second-order valence-corrected chi connectivity index (χ2v) is 14.6. The van der Waals surface area contributed by atoms with Crippen molar-refractivity contribution in [2.24, 2.45) is 0 Å². The summed E-state index contributed by atoms with van der Waals surface area (Å²) in [6.07, 6.45) is 0.0159. The normalized spacial score (nSPS) is 26.0. The fourth-order valence-corrected chi connectivity index (χ4v) is 5.32. The molecule has 1 aliphatic rings. The molecule has 0 aliphatic carbocycles. The molecule has 1 aromatic rings. The van der Waals surface area contributed by atoms with Crippen LogP contribution in [0.25, 0.3) is 0 Å². The van der Waals surface area contributed by atoms with E-state index in [-0.39, 0.29) is 10.3 Å². The van der Waals surface area contributed by atoms with Crippen LogP contribution in [-0.2, 0) is 13.9 Å². The number of nitrogens with one attached hydrogen (secondary N) is 1. The third-order valence-corrected chi connectivity index (χ3v) is 11.5. The lowest BCUT2D eigenvalue weighted by atomic mass is 10.1. The largest absolute Gasteiger partial charge is 0.416 e. The van der Waals surface area contributed by atoms with Crippen LogP contribution in [-0.4, -0.2) is 67.4 Å². The van der Waals surface area contributed by atoms with E-state index in [0.717, 1.165) is 0 Å². The maximum absolute atomic E-state index is 12.3. The van der Waals surface area contributed by atoms with Gasteiger partial charge in [-0.25, -0.2) is 4.79 Å². The Morgan fingerprint density at radius 2 is 1.96 bits per heavy atom. The van der Waals surface area contributed by atoms with Crippen LogP contribution in [0.15, 0.2) is 21.9 Å². The zero-order chi connectivity index (χ0) is 21.1. The van der Waals surface area contributed by atoms with Crippen molar-refractivity contribution in [1.82, 2.24) is 9.55 Å². The number of hydrogen-bond donors (Lipinski definition) is 2. The molecule has 0 saturated carbocycles. The fourth-order valence-electron chi connectivity index (χ4n) is 2.66. The topological polar surface area (TPSA) is 103 Å². The molecule has 0 amide bonds. The molecule has 0 spiro atoms. The molecule has 2 heterocycles. The van der Waals surface area contributed by atoms with Crippen LogP contribution in [0.5, 0.6) is 0 Å². The van der Waals surface area contributed by atoms with Crippen LogP contribution in [0.4, 0.5) is 0 Å². The Morgan fingerprint density at radius 3 is 2.54 bits per heavy atom. The molecule has 28 heavy (non-hydrogen) atoms. The Labute approximate surface area is 170 Å². The summed E-state index contributed by atoms with van der Waals surface area (Å²) >= 11 is 1.43. The second kappa shape index (κ2) is 9.27. The van der Waals surface area contributed by atoms with Gasteiger partial charge >= 0.3 is 5.69 Å². The van der Waals surface area contributed by atoms with E-state index in [9.17, 15) is 14.7 Å². The molecule has 1 aromatic heterocycles. The molecule has 1 saturated heterocycles. The predicted molar refractivity (Wildman–Crippen MR) is 113 cm³/mol. The highest BCUT2D eigenvalue weighted by atomic mass is 32.2. The van der Waals surface area contributed by atoms with Gasteiger partial charge in [0, 0.05) is 26.0 Å². The van der Waals surface area contributed by atoms with Gasteiger partial charge in [0.05, 0.1) is 24.6 Å². The van der Waals surface area contributed by atoms with Crippen molar-refractivity contribution in [3.63, 3.8) is 0 Å². The summed E-state index contributed by atoms with van der Waals surface area (Å²) in [4.78, 5) is 25.9. The molecule has 160 valence electrons. The molecular formula is C18H32N2O6SSi. The van der Waals surface area contributed by atoms with Crippen molar-refractivity contribution < 1.29 is 19.0 Å². The molecule has 1 aliphatic heterocycles. The van der Waals surface area contributed by atoms with E-state index in [4.69, 9.17) is 13.9 Å². The van der Waals surface area contributed by atoms with Gasteiger partial charge in [0.15, 0.2) is 8.32 Å². The highest BCUT2D eigenvalue weighted by molar-refractivity contribution is 8.00. The number of rotatable bonds is 8. The van der Waals surface area contributed by atoms with Crippen LogP contribution in [0.1, 0.15) is 26.1 Å². The van der Waals surface area contributed by atoms with Crippen LogP contribution in [0.3, 0.4) is 0 Å². The van der Waals surface area contributed by atoms with Crippen molar-refractivity contribution >= 4 is 20.1 Å². The predicted octanol–water partition coefficient (Wildman–Crippen LogP) is 1.56. The number of nitrogens with zero attached hydrogens (tertiary/aromatic N) is 1. The first kappa shape index (κ1) is 23.4. The molecule has 0 bridgehead atoms. The van der Waals surface area contributed by atoms with Gasteiger partial charge in [-0.05, 0) is 18.1 Å². The lowest BCUT2D eigenvalue weighted by molar-refractivity contribution is -0.0561. The van der Waals surface area contributed by atoms with Gasteiger partial charge in [0.2, 0.25) is 0 Å². The Bertz CT molecular complexity index is 759. The molecule has 0 radical (unpaired) electrons. The van der Waals surface area contributed by atoms with Crippen LogP contribution >= 0.6 is 11.8 Å². The van der Waals surface area contributed by atoms with Gasteiger partial charge in [0.1, 0.15) is 11.5 Å². The SMILES string of the molecule is COCCO[C@H]1C(O)[C@@H](CO[Si](C)(C)C(C)(C)C)S[C@H]1n1ccc(=O)[nH]c1=O. The molecule has 1 unspecified atom stereocenters. The highest BCUT2D eigenvalue weighted by Gasteiger charge is 2.47. The van der Waals surface area contributed by atoms with Crippen LogP contribution in [0.2, 0.25) is 18.1 Å². The first-order chi connectivity index (χ1) is 13.0. The standard InChI is InChI=1S/C18H32N2O6SSi/c1-18(2,3)28(5,6)26-11-12-14(22)15(25-10-9-24-4)16(27-12)20-8-7-13(21)19-17(20)23/h7-8,12,14-16,22H,9-11H2,1-6H3,(H,19,21,23)/t12-,14?,15+,16-/m1/s1. The summed E-state index contributed by atoms with van der Waals surface area (Å²) in [6.45, 7) is 11.9. The Kier molecular flexibility index (Phi) is 7.74. The molecule has 0 aromatic carbocycles. The molecular weight excluding hydrogens is 400 g/mol. The van der Waals surface area contributed by atoms with Gasteiger partial charge < -0.3 is 19.0 Å². The number of thioether (sulfide) groups is 1. The first-order valence-corrected chi connectivity index (χ1v) is 13.2. The van der Waals surface area contributed by atoms with Crippen LogP contribution in [0, 0.1) is 0 Å². The Morgan fingerprint density at radius 1 is 1.29 bits per heavy atom. The molecule has 2 N–H and O–H groups in total. The van der Waals surface area contributed by atoms with Crippen molar-refractivity contribution in [3.8, 4) is 0 Å². The van der Waals surface area contributed by atoms with E-state index < -0.39 is 37.1 Å². The summed E-state index contributed by atoms with van der Waals surface area (Å²) in [5.41, 5.74) is -0.983. The van der Waals surface area contributed by atoms with Crippen molar-refractivity contribution in [2.75, 3.05) is 26.9 Å². The minimum absolute atomic E-state index is 0.0604. The van der Waals surface area contributed by atoms with Crippen molar-refractivity contribution in [1.29, 1.82) is 0 Å². The zero-order valence-corrected chi connectivity index (χ0v) is 19.2. The molecule has 1 fully saturated rings. The molecule has 4 atom stereocenters. The maximum atomic E-state index is 12.3. The number of hydrogen-bond acceptors (Lipinski definition) is 7. The average molecular weight is 433 g/mol. The maximum Gasteiger partial charge on any atom is 0.329 e. The summed E-state index contributed by atoms with van der Waals surface area (Å²) in [5, 5.41) is 10.2. The third kappa shape index (κ3) is 5.36. The second-order valence-electron chi connectivity index (χ2n) is 8.47. The first-order valence-electron chi connectivity index (χ1n) is 9.37. The van der Waals surface area contributed by atoms with Crippen molar-refractivity contribution in [2.45, 2.75) is 61.7 Å². The fraction of sp³-hybridized carbons (Fsp3) is 0.778. The summed E-state index contributed by atoms with van der Waals surface area (Å²) in [5.74, 6) is 0. The van der Waals surface area contributed by atoms with Crippen LogP contribution < -0.4 is 11.2 Å². The van der Waals surface area contributed by atoms with Gasteiger partial charge in [-0.3, -0.25) is 14.3 Å². The van der Waals surface area contributed by atoms with E-state index in [1.807, 2.05) is 0 Å². The van der Waals surface area contributed by atoms with Gasteiger partial charge in [-0.15, -0.1) is 11.8 Å². The zero-order valence-electron chi connectivity index (χ0n) is 17.4. The number of H-pyrrole nitrogens is 1. The number of aromatic nitrogens is 2. The average Bonchev–Trinajstić information content (AvgIpc) is 2.89. The van der Waals surface area contributed by atoms with E-state index in [1.54, 1.807) is 7.11 Å². The molecule has 8 nitrogen and oxygen atoms in total. The van der Waals surface area contributed by atoms with E-state index in [2.05, 4.69) is 38.8 Å². The van der Waals surface area contributed by atoms with E-state index in [1.165, 1.54) is 28.6 Å². The summed E-state index contributed by atoms with van der Waals surface area (Å²) in [7, 11) is -0.404. The minimum Gasteiger partial charge on any atom is -0.416 e. The van der Waals surface area contributed by atoms with Crippen molar-refractivity contribution in [3.05, 3.63) is 33.1 Å². The molecule has 2 rings (SSSR count). The molecule has 10 heteroatoms. The van der Waals surface area contributed by atoms with Gasteiger partial charge in [0.25, 0.3) is 5.56 Å². The lowest BCUT2D eigenvalue weighted by Crippen LogP contribution is -2.44.